The highest BCUT2D eigenvalue weighted by molar-refractivity contribution is 6.47. The highest BCUT2D eigenvalue weighted by Gasteiger charge is 2.50. The van der Waals surface area contributed by atoms with E-state index in [1.165, 1.54) is 17.5 Å². The van der Waals surface area contributed by atoms with Crippen molar-refractivity contribution in [2.45, 2.75) is 77.9 Å². The molecule has 2 aromatic rings. The molecule has 1 heterocycles. The van der Waals surface area contributed by atoms with E-state index in [1.807, 2.05) is 24.3 Å². The molecule has 32 heavy (non-hydrogen) atoms. The predicted octanol–water partition coefficient (Wildman–Crippen LogP) is 7.36. The second kappa shape index (κ2) is 9.39. The zero-order valence-corrected chi connectivity index (χ0v) is 20.5. The summed E-state index contributed by atoms with van der Waals surface area (Å²) in [6.07, 6.45) is 6.14. The number of amides is 1. The van der Waals surface area contributed by atoms with Crippen LogP contribution >= 0.6 is 11.6 Å². The summed E-state index contributed by atoms with van der Waals surface area (Å²) in [6.45, 7) is 8.92. The van der Waals surface area contributed by atoms with Gasteiger partial charge in [-0.05, 0) is 68.6 Å². The maximum absolute atomic E-state index is 14.0. The minimum Gasteiger partial charge on any atom is -0.305 e. The number of rotatable bonds is 5. The van der Waals surface area contributed by atoms with Gasteiger partial charge in [-0.15, -0.1) is 0 Å². The molecule has 3 atom stereocenters. The van der Waals surface area contributed by atoms with Crippen LogP contribution in [0.3, 0.4) is 0 Å². The number of hydrogen-bond acceptors (Lipinski definition) is 2. The molecule has 1 spiro atoms. The standard InChI is InChI=1S/C28H35ClN2O/c1-5-25(22-13-11-20(4)12-14-22)31-27(32)26(23-8-6-10-24(29)18-23)30-28(31)16-7-9-21(15-17-28)19(2)3/h6,8,10-14,18-19,21,25H,5,7,9,15-17H2,1-4H3. The van der Waals surface area contributed by atoms with Crippen LogP contribution in [0, 0.1) is 18.8 Å². The zero-order valence-electron chi connectivity index (χ0n) is 19.8. The Hall–Kier alpha value is -2.13. The van der Waals surface area contributed by atoms with Crippen LogP contribution in [0.25, 0.3) is 0 Å². The fourth-order valence-electron chi connectivity index (χ4n) is 5.58. The lowest BCUT2D eigenvalue weighted by molar-refractivity contribution is -0.132. The Kier molecular flexibility index (Phi) is 6.76. The number of carbonyl (C=O) groups is 1. The van der Waals surface area contributed by atoms with Crippen LogP contribution in [0.5, 0.6) is 0 Å². The highest BCUT2D eigenvalue weighted by atomic mass is 35.5. The third-order valence-electron chi connectivity index (χ3n) is 7.46. The lowest BCUT2D eigenvalue weighted by atomic mass is 9.88. The van der Waals surface area contributed by atoms with Crippen molar-refractivity contribution in [2.24, 2.45) is 16.8 Å². The first-order chi connectivity index (χ1) is 15.3. The molecular formula is C28H35ClN2O. The van der Waals surface area contributed by atoms with E-state index in [2.05, 4.69) is 56.9 Å². The fraction of sp³-hybridized carbons (Fsp3) is 0.500. The van der Waals surface area contributed by atoms with E-state index < -0.39 is 5.66 Å². The summed E-state index contributed by atoms with van der Waals surface area (Å²) in [5.74, 6) is 1.39. The van der Waals surface area contributed by atoms with Gasteiger partial charge in [0.15, 0.2) is 0 Å². The number of aryl methyl sites for hydroxylation is 1. The van der Waals surface area contributed by atoms with Crippen LogP contribution in [0.2, 0.25) is 5.02 Å². The lowest BCUT2D eigenvalue weighted by Gasteiger charge is -2.41. The van der Waals surface area contributed by atoms with Gasteiger partial charge < -0.3 is 4.90 Å². The first kappa shape index (κ1) is 23.0. The molecule has 3 nitrogen and oxygen atoms in total. The third-order valence-corrected chi connectivity index (χ3v) is 7.69. The smallest absolute Gasteiger partial charge is 0.275 e. The number of carbonyl (C=O) groups excluding carboxylic acids is 1. The van der Waals surface area contributed by atoms with Gasteiger partial charge in [0.2, 0.25) is 0 Å². The van der Waals surface area contributed by atoms with Crippen molar-refractivity contribution >= 4 is 23.2 Å². The first-order valence-corrected chi connectivity index (χ1v) is 12.5. The van der Waals surface area contributed by atoms with Crippen molar-refractivity contribution in [3.05, 3.63) is 70.2 Å². The Bertz CT molecular complexity index is 997. The van der Waals surface area contributed by atoms with Crippen molar-refractivity contribution in [3.63, 3.8) is 0 Å². The van der Waals surface area contributed by atoms with Crippen LogP contribution < -0.4 is 0 Å². The molecule has 0 bridgehead atoms. The predicted molar refractivity (Wildman–Crippen MR) is 133 cm³/mol. The Morgan fingerprint density at radius 2 is 1.88 bits per heavy atom. The summed E-state index contributed by atoms with van der Waals surface area (Å²) in [6, 6.07) is 16.2. The van der Waals surface area contributed by atoms with Gasteiger partial charge in [-0.3, -0.25) is 9.79 Å². The third kappa shape index (κ3) is 4.37. The zero-order chi connectivity index (χ0) is 22.9. The molecule has 1 amide bonds. The second-order valence-electron chi connectivity index (χ2n) is 9.90. The largest absolute Gasteiger partial charge is 0.305 e. The van der Waals surface area contributed by atoms with Crippen LogP contribution in [0.4, 0.5) is 0 Å². The monoisotopic (exact) mass is 450 g/mol. The number of aliphatic imine (C=N–C) groups is 1. The number of nitrogens with zero attached hydrogens (tertiary/aromatic N) is 2. The van der Waals surface area contributed by atoms with E-state index in [9.17, 15) is 4.79 Å². The van der Waals surface area contributed by atoms with Gasteiger partial charge in [0.05, 0.1) is 6.04 Å². The van der Waals surface area contributed by atoms with Crippen molar-refractivity contribution in [1.29, 1.82) is 0 Å². The number of benzene rings is 2. The molecule has 0 radical (unpaired) electrons. The minimum absolute atomic E-state index is 0.0131. The number of halogens is 1. The van der Waals surface area contributed by atoms with E-state index >= 15 is 0 Å². The molecule has 0 N–H and O–H groups in total. The van der Waals surface area contributed by atoms with E-state index in [0.717, 1.165) is 37.7 Å². The van der Waals surface area contributed by atoms with Crippen molar-refractivity contribution < 1.29 is 4.79 Å². The van der Waals surface area contributed by atoms with Crippen LogP contribution in [-0.4, -0.2) is 22.2 Å². The van der Waals surface area contributed by atoms with Gasteiger partial charge in [0.25, 0.3) is 5.91 Å². The van der Waals surface area contributed by atoms with Crippen LogP contribution in [0.15, 0.2) is 53.5 Å². The van der Waals surface area contributed by atoms with Crippen LogP contribution in [0.1, 0.15) is 82.0 Å². The molecule has 0 saturated heterocycles. The summed E-state index contributed by atoms with van der Waals surface area (Å²) in [4.78, 5) is 21.4. The molecule has 170 valence electrons. The average molecular weight is 451 g/mol. The molecule has 0 aromatic heterocycles. The molecule has 2 aliphatic rings. The maximum Gasteiger partial charge on any atom is 0.275 e. The Balaban J connectivity index is 1.79. The van der Waals surface area contributed by atoms with Crippen molar-refractivity contribution in [2.75, 3.05) is 0 Å². The van der Waals surface area contributed by atoms with Gasteiger partial charge in [-0.25, -0.2) is 0 Å². The van der Waals surface area contributed by atoms with Crippen LogP contribution in [-0.2, 0) is 4.79 Å². The van der Waals surface area contributed by atoms with E-state index in [-0.39, 0.29) is 11.9 Å². The maximum atomic E-state index is 14.0. The molecule has 1 saturated carbocycles. The molecule has 3 unspecified atom stereocenters. The Labute approximate surface area is 197 Å². The highest BCUT2D eigenvalue weighted by Crippen LogP contribution is 2.46. The summed E-state index contributed by atoms with van der Waals surface area (Å²) in [5.41, 5.74) is 3.35. The number of hydrogen-bond donors (Lipinski definition) is 0. The van der Waals surface area contributed by atoms with Gasteiger partial charge in [0.1, 0.15) is 11.4 Å². The van der Waals surface area contributed by atoms with Gasteiger partial charge in [-0.2, -0.15) is 0 Å². The van der Waals surface area contributed by atoms with E-state index in [0.29, 0.717) is 22.6 Å². The first-order valence-electron chi connectivity index (χ1n) is 12.1. The van der Waals surface area contributed by atoms with Gasteiger partial charge >= 0.3 is 0 Å². The summed E-state index contributed by atoms with van der Waals surface area (Å²) >= 11 is 6.29. The summed E-state index contributed by atoms with van der Waals surface area (Å²) < 4.78 is 0. The van der Waals surface area contributed by atoms with Crippen molar-refractivity contribution in [3.8, 4) is 0 Å². The minimum atomic E-state index is -0.468. The molecule has 2 aromatic carbocycles. The molecule has 4 rings (SSSR count). The van der Waals surface area contributed by atoms with Gasteiger partial charge in [0, 0.05) is 10.6 Å². The molecule has 1 aliphatic carbocycles. The summed E-state index contributed by atoms with van der Waals surface area (Å²) in [5, 5.41) is 0.636. The van der Waals surface area contributed by atoms with E-state index in [4.69, 9.17) is 16.6 Å². The summed E-state index contributed by atoms with van der Waals surface area (Å²) in [7, 11) is 0. The molecule has 1 aliphatic heterocycles. The fourth-order valence-corrected chi connectivity index (χ4v) is 5.77. The Morgan fingerprint density at radius 1 is 1.12 bits per heavy atom. The second-order valence-corrected chi connectivity index (χ2v) is 10.3. The Morgan fingerprint density at radius 3 is 2.53 bits per heavy atom. The van der Waals surface area contributed by atoms with Crippen molar-refractivity contribution in [1.82, 2.24) is 4.90 Å². The molecule has 1 fully saturated rings. The molecule has 4 heteroatoms. The normalized spacial score (nSPS) is 24.7. The lowest BCUT2D eigenvalue weighted by Crippen LogP contribution is -2.48. The average Bonchev–Trinajstić information content (AvgIpc) is 2.91. The van der Waals surface area contributed by atoms with Gasteiger partial charge in [-0.1, -0.05) is 80.8 Å². The SMILES string of the molecule is CCC(c1ccc(C)cc1)N1C(=O)C(c2cccc(Cl)c2)=NC12CCCC(C(C)C)CC2. The quantitative estimate of drug-likeness (QED) is 0.468. The molecular weight excluding hydrogens is 416 g/mol. The van der Waals surface area contributed by atoms with E-state index in [1.54, 1.807) is 0 Å². The topological polar surface area (TPSA) is 32.7 Å².